The zero-order valence-electron chi connectivity index (χ0n) is 60.5. The first-order chi connectivity index (χ1) is 43.0. The maximum atomic E-state index is 13.1. The first-order valence-electron chi connectivity index (χ1n) is 40.1. The van der Waals surface area contributed by atoms with E-state index < -0.39 is 20.0 Å². The molecule has 3 N–H and O–H groups in total. The van der Waals surface area contributed by atoms with Crippen molar-refractivity contribution in [1.82, 2.24) is 5.32 Å². The fourth-order valence-corrected chi connectivity index (χ4v) is 13.6. The number of phosphoric ester groups is 1. The van der Waals surface area contributed by atoms with Crippen molar-refractivity contribution in [1.29, 1.82) is 0 Å². The van der Waals surface area contributed by atoms with Gasteiger partial charge in [-0.1, -0.05) is 424 Å². The molecule has 88 heavy (non-hydrogen) atoms. The number of carbonyl (C=O) groups excluding carboxylic acids is 1. The summed E-state index contributed by atoms with van der Waals surface area (Å²) in [5.74, 6) is -0.165. The number of carbonyl (C=O) groups is 1. The first kappa shape index (κ1) is 87.2. The Balaban J connectivity index is 3.93. The Morgan fingerprint density at radius 2 is 0.602 bits per heavy atom. The van der Waals surface area contributed by atoms with Gasteiger partial charge in [0.2, 0.25) is 5.91 Å². The zero-order chi connectivity index (χ0) is 64.1. The fraction of sp³-hybridized carbons (Fsp3) is 0.962. The van der Waals surface area contributed by atoms with Gasteiger partial charge < -0.3 is 19.8 Å². The third kappa shape index (κ3) is 72.7. The van der Waals surface area contributed by atoms with Crippen LogP contribution in [0, 0.1) is 0 Å². The predicted molar refractivity (Wildman–Crippen MR) is 388 cm³/mol. The van der Waals surface area contributed by atoms with Crippen LogP contribution in [0.15, 0.2) is 12.2 Å². The molecule has 8 nitrogen and oxygen atoms in total. The lowest BCUT2D eigenvalue weighted by molar-refractivity contribution is -0.870. The van der Waals surface area contributed by atoms with Gasteiger partial charge in [-0.25, -0.2) is 4.57 Å². The summed E-state index contributed by atoms with van der Waals surface area (Å²) in [6.45, 7) is 4.90. The van der Waals surface area contributed by atoms with Crippen molar-refractivity contribution in [2.75, 3.05) is 40.9 Å². The van der Waals surface area contributed by atoms with E-state index in [1.165, 1.54) is 385 Å². The third-order valence-corrected chi connectivity index (χ3v) is 20.0. The van der Waals surface area contributed by atoms with Gasteiger partial charge in [-0.05, 0) is 19.3 Å². The van der Waals surface area contributed by atoms with Crippen LogP contribution in [0.3, 0.4) is 0 Å². The van der Waals surface area contributed by atoms with E-state index >= 15 is 0 Å². The summed E-state index contributed by atoms with van der Waals surface area (Å²) in [6, 6.07) is -0.845. The maximum Gasteiger partial charge on any atom is 0.472 e. The number of unbranched alkanes of at least 4 members (excludes halogenated alkanes) is 63. The quantitative estimate of drug-likeness (QED) is 0.0243. The number of rotatable bonds is 76. The van der Waals surface area contributed by atoms with E-state index in [2.05, 4.69) is 19.2 Å². The van der Waals surface area contributed by atoms with Crippen LogP contribution in [-0.2, 0) is 18.4 Å². The number of nitrogens with zero attached hydrogens (tertiary/aromatic N) is 1. The lowest BCUT2D eigenvalue weighted by Gasteiger charge is -2.25. The van der Waals surface area contributed by atoms with Crippen LogP contribution in [0.1, 0.15) is 438 Å². The number of allylic oxidation sites excluding steroid dienone is 1. The molecule has 0 spiro atoms. The number of hydrogen-bond donors (Lipinski definition) is 3. The minimum absolute atomic E-state index is 0.0657. The Labute approximate surface area is 552 Å². The second-order valence-electron chi connectivity index (χ2n) is 29.2. The highest BCUT2D eigenvalue weighted by atomic mass is 31.2. The highest BCUT2D eigenvalue weighted by molar-refractivity contribution is 7.47. The summed E-state index contributed by atoms with van der Waals surface area (Å²) in [6.07, 6.45) is 92.7. The summed E-state index contributed by atoms with van der Waals surface area (Å²) in [7, 11) is 1.60. The molecule has 3 unspecified atom stereocenters. The van der Waals surface area contributed by atoms with Crippen LogP contribution in [0.4, 0.5) is 0 Å². The third-order valence-electron chi connectivity index (χ3n) is 19.0. The molecule has 0 aromatic carbocycles. The van der Waals surface area contributed by atoms with Crippen molar-refractivity contribution in [3.63, 3.8) is 0 Å². The molecular weight excluding hydrogens is 1100 g/mol. The molecule has 0 bridgehead atoms. The number of hydrogen-bond acceptors (Lipinski definition) is 5. The molecule has 0 aliphatic heterocycles. The number of likely N-dealkylation sites (N-methyl/N-ethyl adjacent to an activating group) is 1. The molecular formula is C79H160N2O6P+. The van der Waals surface area contributed by atoms with E-state index in [0.29, 0.717) is 17.4 Å². The smallest absolute Gasteiger partial charge is 0.387 e. The van der Waals surface area contributed by atoms with Gasteiger partial charge in [-0.15, -0.1) is 0 Å². The number of phosphoric acid groups is 1. The summed E-state index contributed by atoms with van der Waals surface area (Å²) in [5.41, 5.74) is 0. The highest BCUT2D eigenvalue weighted by Gasteiger charge is 2.28. The monoisotopic (exact) mass is 1260 g/mol. The van der Waals surface area contributed by atoms with Gasteiger partial charge in [-0.3, -0.25) is 13.8 Å². The first-order valence-corrected chi connectivity index (χ1v) is 41.6. The molecule has 0 fully saturated rings. The molecule has 1 amide bonds. The van der Waals surface area contributed by atoms with E-state index in [4.69, 9.17) is 9.05 Å². The number of quaternary nitrogens is 1. The molecule has 0 aromatic rings. The molecule has 0 radical (unpaired) electrons. The molecule has 3 atom stereocenters. The van der Waals surface area contributed by atoms with Crippen LogP contribution >= 0.6 is 7.82 Å². The number of amides is 1. The number of nitrogens with one attached hydrogen (secondary N) is 1. The second kappa shape index (κ2) is 70.6. The molecule has 0 saturated carbocycles. The van der Waals surface area contributed by atoms with Crippen molar-refractivity contribution in [2.24, 2.45) is 0 Å². The van der Waals surface area contributed by atoms with E-state index in [1.807, 2.05) is 27.2 Å². The van der Waals surface area contributed by atoms with Crippen LogP contribution in [-0.4, -0.2) is 73.4 Å². The Morgan fingerprint density at radius 1 is 0.375 bits per heavy atom. The molecule has 0 saturated heterocycles. The largest absolute Gasteiger partial charge is 0.472 e. The molecule has 0 aromatic heterocycles. The van der Waals surface area contributed by atoms with Crippen LogP contribution < -0.4 is 5.32 Å². The Morgan fingerprint density at radius 3 is 0.841 bits per heavy atom. The molecule has 526 valence electrons. The van der Waals surface area contributed by atoms with E-state index in [9.17, 15) is 19.4 Å². The summed E-state index contributed by atoms with van der Waals surface area (Å²) in [5, 5.41) is 14.1. The standard InChI is InChI=1S/C79H159N2O6P/c1-6-8-10-12-14-16-18-20-22-24-26-28-30-32-34-36-38-40-41-43-45-47-49-51-53-55-57-59-61-63-65-67-69-71-73-79(83)80-77(76-87-88(84,85)86-75-74-81(3,4)5)78(82)72-70-68-66-64-62-60-58-56-54-52-50-48-46-44-42-39-37-35-33-31-29-27-25-23-21-19-17-15-13-11-9-7-2/h70,72,77-78,82H,6-69,71,73-76H2,1-5H3,(H-,80,83,84,85)/p+1/b72-70+. The van der Waals surface area contributed by atoms with Crippen LogP contribution in [0.2, 0.25) is 0 Å². The Bertz CT molecular complexity index is 1440. The second-order valence-corrected chi connectivity index (χ2v) is 30.6. The van der Waals surface area contributed by atoms with E-state index in [0.717, 1.165) is 32.1 Å². The lowest BCUT2D eigenvalue weighted by Crippen LogP contribution is -2.45. The SMILES string of the molecule is CCCCCCCCCCCCCCCCCCCCCCCCCCCCCCCC/C=C/C(O)C(COP(=O)(O)OCC[N+](C)(C)C)NC(=O)CCCCCCCCCCCCCCCCCCCCCCCCCCCCCCCCCCCC. The minimum Gasteiger partial charge on any atom is -0.387 e. The van der Waals surface area contributed by atoms with Gasteiger partial charge in [0.15, 0.2) is 0 Å². The summed E-state index contributed by atoms with van der Waals surface area (Å²) >= 11 is 0. The topological polar surface area (TPSA) is 105 Å². The zero-order valence-corrected chi connectivity index (χ0v) is 61.4. The molecule has 0 aliphatic rings. The van der Waals surface area contributed by atoms with E-state index in [-0.39, 0.29) is 19.1 Å². The number of aliphatic hydroxyl groups excluding tert-OH is 1. The Hall–Kier alpha value is -0.760. The van der Waals surface area contributed by atoms with Crippen molar-refractivity contribution in [2.45, 2.75) is 450 Å². The van der Waals surface area contributed by atoms with Gasteiger partial charge in [-0.2, -0.15) is 0 Å². The fourth-order valence-electron chi connectivity index (χ4n) is 12.8. The maximum absolute atomic E-state index is 13.1. The molecule has 0 rings (SSSR count). The van der Waals surface area contributed by atoms with Gasteiger partial charge in [0.1, 0.15) is 13.2 Å². The van der Waals surface area contributed by atoms with E-state index in [1.54, 1.807) is 6.08 Å². The van der Waals surface area contributed by atoms with Gasteiger partial charge in [0, 0.05) is 6.42 Å². The van der Waals surface area contributed by atoms with Gasteiger partial charge in [0.05, 0.1) is 39.9 Å². The summed E-state index contributed by atoms with van der Waals surface area (Å²) in [4.78, 5) is 23.5. The van der Waals surface area contributed by atoms with Crippen LogP contribution in [0.25, 0.3) is 0 Å². The summed E-state index contributed by atoms with van der Waals surface area (Å²) < 4.78 is 23.9. The number of aliphatic hydroxyl groups is 1. The van der Waals surface area contributed by atoms with Gasteiger partial charge >= 0.3 is 7.82 Å². The van der Waals surface area contributed by atoms with Crippen LogP contribution in [0.5, 0.6) is 0 Å². The average Bonchev–Trinajstić information content (AvgIpc) is 3.71. The normalized spacial score (nSPS) is 13.5. The Kier molecular flexibility index (Phi) is 69.9. The van der Waals surface area contributed by atoms with Gasteiger partial charge in [0.25, 0.3) is 0 Å². The van der Waals surface area contributed by atoms with Crippen molar-refractivity contribution in [3.8, 4) is 0 Å². The minimum atomic E-state index is -4.35. The molecule has 0 aliphatic carbocycles. The van der Waals surface area contributed by atoms with Crippen molar-refractivity contribution in [3.05, 3.63) is 12.2 Å². The predicted octanol–water partition coefficient (Wildman–Crippen LogP) is 26.0. The van der Waals surface area contributed by atoms with Crippen molar-refractivity contribution >= 4 is 13.7 Å². The lowest BCUT2D eigenvalue weighted by atomic mass is 10.0. The molecule has 0 heterocycles. The van der Waals surface area contributed by atoms with Crippen molar-refractivity contribution < 1.29 is 32.9 Å². The average molecular weight is 1270 g/mol. The molecule has 9 heteroatoms. The highest BCUT2D eigenvalue weighted by Crippen LogP contribution is 2.43.